The van der Waals surface area contributed by atoms with Gasteiger partial charge in [-0.3, -0.25) is 9.69 Å². The summed E-state index contributed by atoms with van der Waals surface area (Å²) in [6.45, 7) is 0.804. The van der Waals surface area contributed by atoms with Crippen molar-refractivity contribution in [2.45, 2.75) is 12.5 Å². The molecule has 4 heteroatoms. The van der Waals surface area contributed by atoms with Gasteiger partial charge in [0.15, 0.2) is 5.78 Å². The molecular formula is C13H17NO3. The minimum Gasteiger partial charge on any atom is -0.497 e. The zero-order valence-electron chi connectivity index (χ0n) is 10.4. The number of methoxy groups -OCH3 is 2. The molecule has 0 N–H and O–H groups in total. The van der Waals surface area contributed by atoms with Crippen LogP contribution in [0.15, 0.2) is 18.2 Å². The van der Waals surface area contributed by atoms with E-state index < -0.39 is 0 Å². The number of benzene rings is 1. The second kappa shape index (κ2) is 4.75. The molecule has 0 aromatic heterocycles. The van der Waals surface area contributed by atoms with Crippen LogP contribution >= 0.6 is 0 Å². The Labute approximate surface area is 101 Å². The van der Waals surface area contributed by atoms with Crippen LogP contribution in [0.25, 0.3) is 0 Å². The Bertz CT molecular complexity index is 431. The lowest BCUT2D eigenvalue weighted by molar-refractivity contribution is -0.119. The lowest BCUT2D eigenvalue weighted by Crippen LogP contribution is -2.21. The van der Waals surface area contributed by atoms with Crippen molar-refractivity contribution in [3.63, 3.8) is 0 Å². The van der Waals surface area contributed by atoms with E-state index in [-0.39, 0.29) is 11.8 Å². The predicted octanol–water partition coefficient (Wildman–Crippen LogP) is 1.65. The van der Waals surface area contributed by atoms with Gasteiger partial charge in [-0.05, 0) is 19.2 Å². The molecule has 1 aliphatic heterocycles. The molecule has 1 atom stereocenters. The van der Waals surface area contributed by atoms with Gasteiger partial charge in [-0.25, -0.2) is 0 Å². The Balaban J connectivity index is 2.40. The number of rotatable bonds is 3. The third-order valence-corrected chi connectivity index (χ3v) is 3.19. The monoisotopic (exact) mass is 235 g/mol. The van der Waals surface area contributed by atoms with Gasteiger partial charge in [-0.2, -0.15) is 0 Å². The number of carbonyl (C=O) groups excluding carboxylic acids is 1. The first-order valence-electron chi connectivity index (χ1n) is 5.62. The van der Waals surface area contributed by atoms with E-state index in [9.17, 15) is 4.79 Å². The highest BCUT2D eigenvalue weighted by Crippen LogP contribution is 2.35. The third kappa shape index (κ3) is 2.13. The maximum Gasteiger partial charge on any atom is 0.155 e. The number of likely N-dealkylation sites (tertiary alicyclic amines) is 1. The fourth-order valence-electron chi connectivity index (χ4n) is 2.25. The van der Waals surface area contributed by atoms with E-state index in [1.165, 1.54) is 0 Å². The van der Waals surface area contributed by atoms with Crippen LogP contribution in [0.5, 0.6) is 11.5 Å². The van der Waals surface area contributed by atoms with Crippen molar-refractivity contribution >= 4 is 5.78 Å². The Morgan fingerprint density at radius 1 is 1.29 bits per heavy atom. The van der Waals surface area contributed by atoms with Crippen LogP contribution in [0.3, 0.4) is 0 Å². The normalized spacial score (nSPS) is 20.6. The van der Waals surface area contributed by atoms with Gasteiger partial charge >= 0.3 is 0 Å². The van der Waals surface area contributed by atoms with E-state index in [0.717, 1.165) is 17.9 Å². The highest BCUT2D eigenvalue weighted by Gasteiger charge is 2.33. The van der Waals surface area contributed by atoms with Gasteiger partial charge in [-0.1, -0.05) is 0 Å². The maximum atomic E-state index is 11.9. The Hall–Kier alpha value is -1.55. The van der Waals surface area contributed by atoms with Gasteiger partial charge in [0.25, 0.3) is 0 Å². The molecule has 1 aromatic carbocycles. The van der Waals surface area contributed by atoms with Crippen LogP contribution in [-0.2, 0) is 4.79 Å². The number of nitrogens with zero attached hydrogens (tertiary/aromatic N) is 1. The molecule has 0 aliphatic carbocycles. The summed E-state index contributed by atoms with van der Waals surface area (Å²) in [4.78, 5) is 13.9. The van der Waals surface area contributed by atoms with Gasteiger partial charge in [-0.15, -0.1) is 0 Å². The number of carbonyl (C=O) groups is 1. The highest BCUT2D eigenvalue weighted by molar-refractivity contribution is 5.88. The number of Topliss-reactive ketones (excluding diaryl/α,β-unsaturated/α-hetero) is 1. The first-order valence-corrected chi connectivity index (χ1v) is 5.62. The van der Waals surface area contributed by atoms with E-state index in [1.54, 1.807) is 14.2 Å². The molecule has 1 unspecified atom stereocenters. The van der Waals surface area contributed by atoms with Crippen molar-refractivity contribution in [2.75, 3.05) is 27.8 Å². The zero-order chi connectivity index (χ0) is 12.4. The SMILES string of the molecule is COc1ccc(C2C(=O)CCN2C)c(OC)c1. The zero-order valence-corrected chi connectivity index (χ0v) is 10.4. The smallest absolute Gasteiger partial charge is 0.155 e. The van der Waals surface area contributed by atoms with Crippen LogP contribution < -0.4 is 9.47 Å². The topological polar surface area (TPSA) is 38.8 Å². The summed E-state index contributed by atoms with van der Waals surface area (Å²) < 4.78 is 10.5. The minimum atomic E-state index is -0.184. The summed E-state index contributed by atoms with van der Waals surface area (Å²) in [6.07, 6.45) is 0.607. The van der Waals surface area contributed by atoms with Gasteiger partial charge < -0.3 is 9.47 Å². The summed E-state index contributed by atoms with van der Waals surface area (Å²) >= 11 is 0. The molecule has 0 amide bonds. The molecule has 0 saturated carbocycles. The van der Waals surface area contributed by atoms with Crippen molar-refractivity contribution in [3.8, 4) is 11.5 Å². The Morgan fingerprint density at radius 2 is 2.06 bits per heavy atom. The first-order chi connectivity index (χ1) is 8.17. The van der Waals surface area contributed by atoms with Crippen molar-refractivity contribution in [2.24, 2.45) is 0 Å². The first kappa shape index (κ1) is 11.9. The van der Waals surface area contributed by atoms with Crippen molar-refractivity contribution in [3.05, 3.63) is 23.8 Å². The van der Waals surface area contributed by atoms with Crippen LogP contribution in [0.2, 0.25) is 0 Å². The molecule has 0 radical (unpaired) electrons. The quantitative estimate of drug-likeness (QED) is 0.798. The van der Waals surface area contributed by atoms with Crippen molar-refractivity contribution in [1.82, 2.24) is 4.90 Å². The average molecular weight is 235 g/mol. The molecular weight excluding hydrogens is 218 g/mol. The lowest BCUT2D eigenvalue weighted by Gasteiger charge is -2.21. The summed E-state index contributed by atoms with van der Waals surface area (Å²) in [5.74, 6) is 1.69. The van der Waals surface area contributed by atoms with E-state index in [2.05, 4.69) is 0 Å². The molecule has 1 saturated heterocycles. The fraction of sp³-hybridized carbons (Fsp3) is 0.462. The van der Waals surface area contributed by atoms with Crippen LogP contribution in [-0.4, -0.2) is 38.5 Å². The van der Waals surface area contributed by atoms with Gasteiger partial charge in [0.1, 0.15) is 11.5 Å². The fourth-order valence-corrected chi connectivity index (χ4v) is 2.25. The molecule has 92 valence electrons. The standard InChI is InChI=1S/C13H17NO3/c1-14-7-6-11(15)13(14)10-5-4-9(16-2)8-12(10)17-3/h4-5,8,13H,6-7H2,1-3H3. The van der Waals surface area contributed by atoms with Gasteiger partial charge in [0.2, 0.25) is 0 Å². The molecule has 2 rings (SSSR count). The van der Waals surface area contributed by atoms with E-state index in [0.29, 0.717) is 12.2 Å². The van der Waals surface area contributed by atoms with Gasteiger partial charge in [0, 0.05) is 24.6 Å². The lowest BCUT2D eigenvalue weighted by atomic mass is 10.0. The molecule has 17 heavy (non-hydrogen) atoms. The van der Waals surface area contributed by atoms with Crippen LogP contribution in [0.4, 0.5) is 0 Å². The second-order valence-corrected chi connectivity index (χ2v) is 4.21. The highest BCUT2D eigenvalue weighted by atomic mass is 16.5. The van der Waals surface area contributed by atoms with E-state index in [1.807, 2.05) is 30.1 Å². The average Bonchev–Trinajstić information content (AvgIpc) is 2.68. The van der Waals surface area contributed by atoms with Crippen LogP contribution in [0, 0.1) is 0 Å². The Morgan fingerprint density at radius 3 is 2.59 bits per heavy atom. The summed E-state index contributed by atoms with van der Waals surface area (Å²) in [5.41, 5.74) is 0.915. The van der Waals surface area contributed by atoms with Crippen molar-refractivity contribution < 1.29 is 14.3 Å². The predicted molar refractivity (Wildman–Crippen MR) is 64.5 cm³/mol. The van der Waals surface area contributed by atoms with Crippen LogP contribution in [0.1, 0.15) is 18.0 Å². The molecule has 1 aliphatic rings. The Kier molecular flexibility index (Phi) is 3.33. The largest absolute Gasteiger partial charge is 0.497 e. The number of ether oxygens (including phenoxy) is 2. The molecule has 0 spiro atoms. The molecule has 4 nitrogen and oxygen atoms in total. The number of hydrogen-bond acceptors (Lipinski definition) is 4. The van der Waals surface area contributed by atoms with Crippen molar-refractivity contribution in [1.29, 1.82) is 0 Å². The summed E-state index contributed by atoms with van der Waals surface area (Å²) in [6, 6.07) is 5.39. The molecule has 1 aromatic rings. The maximum absolute atomic E-state index is 11.9. The second-order valence-electron chi connectivity index (χ2n) is 4.21. The van der Waals surface area contributed by atoms with E-state index in [4.69, 9.17) is 9.47 Å². The molecule has 1 heterocycles. The molecule has 1 fully saturated rings. The minimum absolute atomic E-state index is 0.184. The number of hydrogen-bond donors (Lipinski definition) is 0. The summed E-state index contributed by atoms with van der Waals surface area (Å²) in [7, 11) is 5.18. The molecule has 0 bridgehead atoms. The van der Waals surface area contributed by atoms with E-state index >= 15 is 0 Å². The van der Waals surface area contributed by atoms with Gasteiger partial charge in [0.05, 0.1) is 20.3 Å². The number of likely N-dealkylation sites (N-methyl/N-ethyl adjacent to an activating group) is 1. The third-order valence-electron chi connectivity index (χ3n) is 3.19. The number of ketones is 1. The summed E-state index contributed by atoms with van der Waals surface area (Å²) in [5, 5.41) is 0.